The Morgan fingerprint density at radius 2 is 2.36 bits per heavy atom. The van der Waals surface area contributed by atoms with Crippen LogP contribution < -0.4 is 4.74 Å². The number of hydrogen-bond donors (Lipinski definition) is 0. The van der Waals surface area contributed by atoms with Crippen LogP contribution in [0.5, 0.6) is 5.75 Å². The van der Waals surface area contributed by atoms with Gasteiger partial charge in [-0.15, -0.1) is 0 Å². The van der Waals surface area contributed by atoms with Gasteiger partial charge in [-0.3, -0.25) is 0 Å². The summed E-state index contributed by atoms with van der Waals surface area (Å²) in [7, 11) is 1.31. The van der Waals surface area contributed by atoms with E-state index < -0.39 is 5.97 Å². The molecule has 0 aromatic carbocycles. The summed E-state index contributed by atoms with van der Waals surface area (Å²) in [6.45, 7) is 2.40. The van der Waals surface area contributed by atoms with Crippen molar-refractivity contribution in [3.05, 3.63) is 22.4 Å². The van der Waals surface area contributed by atoms with E-state index in [-0.39, 0.29) is 5.69 Å². The summed E-state index contributed by atoms with van der Waals surface area (Å²) >= 11 is 3.26. The van der Waals surface area contributed by atoms with Gasteiger partial charge in [0.25, 0.3) is 0 Å². The molecule has 1 heterocycles. The number of hydrogen-bond acceptors (Lipinski definition) is 4. The minimum Gasteiger partial charge on any atom is -0.493 e. The number of ether oxygens (including phenoxy) is 2. The van der Waals surface area contributed by atoms with Gasteiger partial charge in [0.15, 0.2) is 5.69 Å². The van der Waals surface area contributed by atoms with Crippen LogP contribution in [0.4, 0.5) is 0 Å². The Bertz CT molecular complexity index is 341. The normalized spacial score (nSPS) is 9.64. The first-order valence-corrected chi connectivity index (χ1v) is 4.85. The molecule has 0 aliphatic heterocycles. The van der Waals surface area contributed by atoms with Gasteiger partial charge < -0.3 is 9.47 Å². The summed E-state index contributed by atoms with van der Waals surface area (Å²) in [6, 6.07) is 1.54. The van der Waals surface area contributed by atoms with Gasteiger partial charge in [-0.2, -0.15) is 0 Å². The molecule has 1 aromatic heterocycles. The number of halogens is 1. The van der Waals surface area contributed by atoms with E-state index in [2.05, 4.69) is 25.7 Å². The van der Waals surface area contributed by atoms with Crippen LogP contribution in [0.3, 0.4) is 0 Å². The second-order valence-electron chi connectivity index (χ2n) is 2.42. The highest BCUT2D eigenvalue weighted by atomic mass is 79.9. The molecule has 0 aliphatic carbocycles. The third-order valence-electron chi connectivity index (χ3n) is 1.51. The lowest BCUT2D eigenvalue weighted by atomic mass is 10.3. The highest BCUT2D eigenvalue weighted by Crippen LogP contribution is 2.24. The number of rotatable bonds is 3. The molecule has 5 heteroatoms. The molecule has 0 fully saturated rings. The number of carbonyl (C=O) groups is 1. The predicted octanol–water partition coefficient (Wildman–Crippen LogP) is 2.03. The molecule has 1 rings (SSSR count). The Kier molecular flexibility index (Phi) is 3.88. The van der Waals surface area contributed by atoms with Gasteiger partial charge in [0, 0.05) is 12.3 Å². The molecule has 0 saturated carbocycles. The molecule has 0 unspecified atom stereocenters. The molecular formula is C9H10BrNO3. The van der Waals surface area contributed by atoms with Gasteiger partial charge in [0.05, 0.1) is 18.2 Å². The maximum Gasteiger partial charge on any atom is 0.356 e. The van der Waals surface area contributed by atoms with Crippen LogP contribution in [-0.2, 0) is 4.74 Å². The molecule has 14 heavy (non-hydrogen) atoms. The van der Waals surface area contributed by atoms with Gasteiger partial charge in [-0.05, 0) is 22.9 Å². The number of nitrogens with zero attached hydrogens (tertiary/aromatic N) is 1. The maximum absolute atomic E-state index is 11.1. The first kappa shape index (κ1) is 11.0. The summed E-state index contributed by atoms with van der Waals surface area (Å²) in [4.78, 5) is 15.0. The van der Waals surface area contributed by atoms with Gasteiger partial charge >= 0.3 is 5.97 Å². The van der Waals surface area contributed by atoms with Crippen molar-refractivity contribution >= 4 is 21.9 Å². The smallest absolute Gasteiger partial charge is 0.356 e. The Hall–Kier alpha value is -1.10. The van der Waals surface area contributed by atoms with Crippen molar-refractivity contribution in [1.82, 2.24) is 4.98 Å². The molecular weight excluding hydrogens is 250 g/mol. The average Bonchev–Trinajstić information content (AvgIpc) is 2.20. The van der Waals surface area contributed by atoms with Gasteiger partial charge in [0.2, 0.25) is 0 Å². The first-order valence-electron chi connectivity index (χ1n) is 4.05. The van der Waals surface area contributed by atoms with Crippen molar-refractivity contribution in [2.45, 2.75) is 6.92 Å². The minimum atomic E-state index is -0.474. The molecule has 0 amide bonds. The van der Waals surface area contributed by atoms with Crippen molar-refractivity contribution in [2.75, 3.05) is 13.7 Å². The lowest BCUT2D eigenvalue weighted by molar-refractivity contribution is 0.0593. The molecule has 0 saturated heterocycles. The SMILES string of the molecule is CCOc1cc(C(=O)OC)ncc1Br. The fourth-order valence-electron chi connectivity index (χ4n) is 0.903. The van der Waals surface area contributed by atoms with Crippen LogP contribution in [0.2, 0.25) is 0 Å². The van der Waals surface area contributed by atoms with Crippen LogP contribution in [0.15, 0.2) is 16.7 Å². The van der Waals surface area contributed by atoms with E-state index >= 15 is 0 Å². The number of pyridine rings is 1. The highest BCUT2D eigenvalue weighted by Gasteiger charge is 2.10. The van der Waals surface area contributed by atoms with Crippen molar-refractivity contribution in [3.8, 4) is 5.75 Å². The fourth-order valence-corrected chi connectivity index (χ4v) is 1.23. The van der Waals surface area contributed by atoms with Crippen molar-refractivity contribution in [3.63, 3.8) is 0 Å². The third-order valence-corrected chi connectivity index (χ3v) is 2.11. The lowest BCUT2D eigenvalue weighted by Crippen LogP contribution is -2.05. The van der Waals surface area contributed by atoms with E-state index in [1.54, 1.807) is 6.07 Å². The predicted molar refractivity (Wildman–Crippen MR) is 54.4 cm³/mol. The lowest BCUT2D eigenvalue weighted by Gasteiger charge is -2.06. The Morgan fingerprint density at radius 1 is 1.64 bits per heavy atom. The monoisotopic (exact) mass is 259 g/mol. The topological polar surface area (TPSA) is 48.4 Å². The highest BCUT2D eigenvalue weighted by molar-refractivity contribution is 9.10. The van der Waals surface area contributed by atoms with E-state index in [1.807, 2.05) is 6.92 Å². The number of aromatic nitrogens is 1. The standard InChI is InChI=1S/C9H10BrNO3/c1-3-14-8-4-7(9(12)13-2)11-5-6(8)10/h4-5H,3H2,1-2H3. The molecule has 1 aromatic rings. The molecule has 0 atom stereocenters. The quantitative estimate of drug-likeness (QED) is 0.780. The van der Waals surface area contributed by atoms with Crippen LogP contribution in [0.1, 0.15) is 17.4 Å². The van der Waals surface area contributed by atoms with Crippen LogP contribution in [0.25, 0.3) is 0 Å². The summed E-state index contributed by atoms with van der Waals surface area (Å²) in [6.07, 6.45) is 1.51. The van der Waals surface area contributed by atoms with Gasteiger partial charge in [0.1, 0.15) is 5.75 Å². The van der Waals surface area contributed by atoms with Crippen molar-refractivity contribution in [1.29, 1.82) is 0 Å². The third kappa shape index (κ3) is 2.45. The van der Waals surface area contributed by atoms with E-state index in [0.29, 0.717) is 16.8 Å². The van der Waals surface area contributed by atoms with Gasteiger partial charge in [-0.25, -0.2) is 9.78 Å². The van der Waals surface area contributed by atoms with Gasteiger partial charge in [-0.1, -0.05) is 0 Å². The summed E-state index contributed by atoms with van der Waals surface area (Å²) < 4.78 is 10.5. The molecule has 76 valence electrons. The number of esters is 1. The Balaban J connectivity index is 2.99. The molecule has 0 aliphatic rings. The Labute approximate surface area is 90.4 Å². The zero-order valence-electron chi connectivity index (χ0n) is 7.91. The van der Waals surface area contributed by atoms with Crippen LogP contribution in [0, 0.1) is 0 Å². The molecule has 0 N–H and O–H groups in total. The van der Waals surface area contributed by atoms with Crippen molar-refractivity contribution in [2.24, 2.45) is 0 Å². The molecule has 0 bridgehead atoms. The maximum atomic E-state index is 11.1. The molecule has 0 spiro atoms. The number of carbonyl (C=O) groups excluding carboxylic acids is 1. The van der Waals surface area contributed by atoms with E-state index in [0.717, 1.165) is 0 Å². The number of methoxy groups -OCH3 is 1. The average molecular weight is 260 g/mol. The second kappa shape index (κ2) is 4.95. The zero-order chi connectivity index (χ0) is 10.6. The Morgan fingerprint density at radius 3 is 2.93 bits per heavy atom. The van der Waals surface area contributed by atoms with Crippen molar-refractivity contribution < 1.29 is 14.3 Å². The molecule has 0 radical (unpaired) electrons. The van der Waals surface area contributed by atoms with Crippen LogP contribution >= 0.6 is 15.9 Å². The van der Waals surface area contributed by atoms with E-state index in [9.17, 15) is 4.79 Å². The summed E-state index contributed by atoms with van der Waals surface area (Å²) in [5.41, 5.74) is 0.235. The first-order chi connectivity index (χ1) is 6.69. The summed E-state index contributed by atoms with van der Waals surface area (Å²) in [5, 5.41) is 0. The van der Waals surface area contributed by atoms with E-state index in [1.165, 1.54) is 13.3 Å². The van der Waals surface area contributed by atoms with E-state index in [4.69, 9.17) is 4.74 Å². The summed E-state index contributed by atoms with van der Waals surface area (Å²) in [5.74, 6) is 0.112. The zero-order valence-corrected chi connectivity index (χ0v) is 9.50. The largest absolute Gasteiger partial charge is 0.493 e. The molecule has 4 nitrogen and oxygen atoms in total. The second-order valence-corrected chi connectivity index (χ2v) is 3.28. The fraction of sp³-hybridized carbons (Fsp3) is 0.333. The van der Waals surface area contributed by atoms with Crippen LogP contribution in [-0.4, -0.2) is 24.7 Å². The minimum absolute atomic E-state index is 0.235.